The van der Waals surface area contributed by atoms with E-state index in [0.29, 0.717) is 35.7 Å². The Morgan fingerprint density at radius 2 is 1.96 bits per heavy atom. The molecule has 2 rings (SSSR count). The molecule has 1 aromatic carbocycles. The van der Waals surface area contributed by atoms with Crippen molar-refractivity contribution in [2.45, 2.75) is 19.8 Å². The predicted molar refractivity (Wildman–Crippen MR) is 96.9 cm³/mol. The first kappa shape index (κ1) is 18.7. The average molecular weight is 360 g/mol. The maximum atomic E-state index is 12.1. The second kappa shape index (κ2) is 9.58. The van der Waals surface area contributed by atoms with Gasteiger partial charge >= 0.3 is 5.97 Å². The number of ether oxygens (including phenoxy) is 1. The molecule has 0 saturated carbocycles. The van der Waals surface area contributed by atoms with Crippen molar-refractivity contribution >= 4 is 34.8 Å². The van der Waals surface area contributed by atoms with Gasteiger partial charge in [0.1, 0.15) is 0 Å². The number of hydrogen-bond donors (Lipinski definition) is 2. The topological polar surface area (TPSA) is 84.5 Å². The van der Waals surface area contributed by atoms with Crippen molar-refractivity contribution in [3.63, 3.8) is 0 Å². The summed E-state index contributed by atoms with van der Waals surface area (Å²) >= 11 is 1.35. The summed E-state index contributed by atoms with van der Waals surface area (Å²) in [6.07, 6.45) is 0.782. The molecule has 0 aliphatic carbocycles. The van der Waals surface area contributed by atoms with E-state index in [-0.39, 0.29) is 24.2 Å². The van der Waals surface area contributed by atoms with E-state index in [2.05, 4.69) is 10.6 Å². The number of rotatable bonds is 8. The first-order valence-corrected chi connectivity index (χ1v) is 8.87. The van der Waals surface area contributed by atoms with Crippen LogP contribution in [0.25, 0.3) is 0 Å². The molecule has 0 spiro atoms. The number of hydrogen-bond acceptors (Lipinski definition) is 5. The molecule has 0 bridgehead atoms. The highest BCUT2D eigenvalue weighted by Gasteiger charge is 2.10. The van der Waals surface area contributed by atoms with Crippen LogP contribution in [0.4, 0.5) is 5.69 Å². The summed E-state index contributed by atoms with van der Waals surface area (Å²) in [6, 6.07) is 10.3. The van der Waals surface area contributed by atoms with Gasteiger partial charge in [-0.1, -0.05) is 12.1 Å². The van der Waals surface area contributed by atoms with Crippen LogP contribution in [0.3, 0.4) is 0 Å². The molecule has 0 aliphatic heterocycles. The monoisotopic (exact) mass is 360 g/mol. The van der Waals surface area contributed by atoms with Gasteiger partial charge in [-0.2, -0.15) is 0 Å². The van der Waals surface area contributed by atoms with E-state index < -0.39 is 0 Å². The smallest absolute Gasteiger partial charge is 0.305 e. The quantitative estimate of drug-likeness (QED) is 0.560. The van der Waals surface area contributed by atoms with Crippen molar-refractivity contribution in [3.8, 4) is 0 Å². The van der Waals surface area contributed by atoms with Crippen molar-refractivity contribution in [1.29, 1.82) is 0 Å². The highest BCUT2D eigenvalue weighted by Crippen LogP contribution is 2.15. The van der Waals surface area contributed by atoms with Gasteiger partial charge in [-0.3, -0.25) is 14.4 Å². The van der Waals surface area contributed by atoms with Crippen LogP contribution in [0.2, 0.25) is 0 Å². The summed E-state index contributed by atoms with van der Waals surface area (Å²) in [5.74, 6) is -0.729. The van der Waals surface area contributed by atoms with Crippen LogP contribution in [-0.4, -0.2) is 30.9 Å². The van der Waals surface area contributed by atoms with Gasteiger partial charge in [-0.05, 0) is 43.0 Å². The minimum absolute atomic E-state index is 0.206. The third-order valence-electron chi connectivity index (χ3n) is 3.28. The summed E-state index contributed by atoms with van der Waals surface area (Å²) in [6.45, 7) is 2.49. The summed E-state index contributed by atoms with van der Waals surface area (Å²) in [5, 5.41) is 7.34. The van der Waals surface area contributed by atoms with Crippen LogP contribution in [0.1, 0.15) is 39.8 Å². The van der Waals surface area contributed by atoms with Gasteiger partial charge in [-0.25, -0.2) is 0 Å². The molecule has 2 N–H and O–H groups in total. The van der Waals surface area contributed by atoms with Crippen molar-refractivity contribution < 1.29 is 19.1 Å². The van der Waals surface area contributed by atoms with Gasteiger partial charge in [0, 0.05) is 24.2 Å². The predicted octanol–water partition coefficient (Wildman–Crippen LogP) is 3.07. The maximum Gasteiger partial charge on any atom is 0.305 e. The second-order valence-corrected chi connectivity index (χ2v) is 6.12. The standard InChI is InChI=1S/C18H20N2O4S/c1-2-24-16(21)9-4-10-19-17(22)13-6-3-7-14(12-13)20-18(23)15-8-5-11-25-15/h3,5-8,11-12H,2,4,9-10H2,1H3,(H,19,22)(H,20,23). The molecule has 0 radical (unpaired) electrons. The highest BCUT2D eigenvalue weighted by molar-refractivity contribution is 7.12. The van der Waals surface area contributed by atoms with Gasteiger partial charge in [0.15, 0.2) is 0 Å². The molecule has 0 fully saturated rings. The third-order valence-corrected chi connectivity index (χ3v) is 4.14. The Bertz CT molecular complexity index is 728. The number of benzene rings is 1. The van der Waals surface area contributed by atoms with Crippen LogP contribution in [-0.2, 0) is 9.53 Å². The molecule has 2 amide bonds. The van der Waals surface area contributed by atoms with Crippen molar-refractivity contribution in [2.24, 2.45) is 0 Å². The first-order chi connectivity index (χ1) is 12.1. The van der Waals surface area contributed by atoms with Crippen molar-refractivity contribution in [3.05, 3.63) is 52.2 Å². The van der Waals surface area contributed by atoms with E-state index in [1.54, 1.807) is 43.3 Å². The molecule has 7 heteroatoms. The zero-order valence-electron chi connectivity index (χ0n) is 13.9. The van der Waals surface area contributed by atoms with Gasteiger partial charge in [0.25, 0.3) is 11.8 Å². The molecule has 2 aromatic rings. The number of carbonyl (C=O) groups is 3. The number of thiophene rings is 1. The Morgan fingerprint density at radius 3 is 2.68 bits per heavy atom. The van der Waals surface area contributed by atoms with E-state index in [4.69, 9.17) is 4.74 Å². The van der Waals surface area contributed by atoms with Crippen LogP contribution in [0, 0.1) is 0 Å². The van der Waals surface area contributed by atoms with Crippen LogP contribution in [0.15, 0.2) is 41.8 Å². The summed E-state index contributed by atoms with van der Waals surface area (Å²) < 4.78 is 4.83. The van der Waals surface area contributed by atoms with E-state index >= 15 is 0 Å². The van der Waals surface area contributed by atoms with Gasteiger partial charge in [0.05, 0.1) is 11.5 Å². The van der Waals surface area contributed by atoms with Gasteiger partial charge in [-0.15, -0.1) is 11.3 Å². The lowest BCUT2D eigenvalue weighted by atomic mass is 10.2. The molecule has 0 aliphatic rings. The largest absolute Gasteiger partial charge is 0.466 e. The SMILES string of the molecule is CCOC(=O)CCCNC(=O)c1cccc(NC(=O)c2cccs2)c1. The Hall–Kier alpha value is -2.67. The lowest BCUT2D eigenvalue weighted by molar-refractivity contribution is -0.143. The molecule has 0 atom stereocenters. The number of esters is 1. The summed E-state index contributed by atoms with van der Waals surface area (Å²) in [4.78, 5) is 36.0. The molecular weight excluding hydrogens is 340 g/mol. The first-order valence-electron chi connectivity index (χ1n) is 7.99. The number of anilines is 1. The molecule has 6 nitrogen and oxygen atoms in total. The number of nitrogens with one attached hydrogen (secondary N) is 2. The molecule has 0 saturated heterocycles. The fraction of sp³-hybridized carbons (Fsp3) is 0.278. The normalized spacial score (nSPS) is 10.1. The molecular formula is C18H20N2O4S. The molecule has 25 heavy (non-hydrogen) atoms. The van der Waals surface area contributed by atoms with Gasteiger partial charge < -0.3 is 15.4 Å². The summed E-state index contributed by atoms with van der Waals surface area (Å²) in [7, 11) is 0. The van der Waals surface area contributed by atoms with E-state index in [9.17, 15) is 14.4 Å². The minimum atomic E-state index is -0.268. The third kappa shape index (κ3) is 6.04. The van der Waals surface area contributed by atoms with E-state index in [1.165, 1.54) is 11.3 Å². The maximum absolute atomic E-state index is 12.1. The zero-order chi connectivity index (χ0) is 18.1. The lowest BCUT2D eigenvalue weighted by Crippen LogP contribution is -2.25. The van der Waals surface area contributed by atoms with Crippen LogP contribution in [0.5, 0.6) is 0 Å². The second-order valence-electron chi connectivity index (χ2n) is 5.18. The lowest BCUT2D eigenvalue weighted by Gasteiger charge is -2.08. The average Bonchev–Trinajstić information content (AvgIpc) is 3.14. The van der Waals surface area contributed by atoms with Crippen molar-refractivity contribution in [1.82, 2.24) is 5.32 Å². The Morgan fingerprint density at radius 1 is 1.12 bits per heavy atom. The number of amides is 2. The fourth-order valence-corrected chi connectivity index (χ4v) is 2.73. The zero-order valence-corrected chi connectivity index (χ0v) is 14.7. The van der Waals surface area contributed by atoms with E-state index in [0.717, 1.165) is 0 Å². The number of carbonyl (C=O) groups excluding carboxylic acids is 3. The highest BCUT2D eigenvalue weighted by atomic mass is 32.1. The van der Waals surface area contributed by atoms with E-state index in [1.807, 2.05) is 5.38 Å². The molecule has 1 heterocycles. The fourth-order valence-electron chi connectivity index (χ4n) is 2.11. The molecule has 132 valence electrons. The Kier molecular flexibility index (Phi) is 7.16. The minimum Gasteiger partial charge on any atom is -0.466 e. The molecule has 1 aromatic heterocycles. The van der Waals surface area contributed by atoms with Crippen molar-refractivity contribution in [2.75, 3.05) is 18.5 Å². The summed E-state index contributed by atoms with van der Waals surface area (Å²) in [5.41, 5.74) is 0.998. The Labute approximate surface area is 150 Å². The Balaban J connectivity index is 1.84. The molecule has 0 unspecified atom stereocenters. The van der Waals surface area contributed by atoms with Crippen LogP contribution < -0.4 is 10.6 Å². The van der Waals surface area contributed by atoms with Gasteiger partial charge in [0.2, 0.25) is 0 Å². The van der Waals surface area contributed by atoms with Crippen LogP contribution >= 0.6 is 11.3 Å².